The molecule has 2 amide bonds. The minimum Gasteiger partial charge on any atom is -0.368 e. The Kier molecular flexibility index (Phi) is 4.50. The van der Waals surface area contributed by atoms with Crippen LogP contribution in [0.1, 0.15) is 11.3 Å². The van der Waals surface area contributed by atoms with E-state index in [4.69, 9.17) is 4.52 Å². The van der Waals surface area contributed by atoms with Crippen molar-refractivity contribution in [3.63, 3.8) is 0 Å². The molecule has 0 aliphatic carbocycles. The van der Waals surface area contributed by atoms with Gasteiger partial charge in [-0.15, -0.1) is 0 Å². The molecule has 1 aromatic carbocycles. The molecule has 0 unspecified atom stereocenters. The van der Waals surface area contributed by atoms with Crippen molar-refractivity contribution in [2.24, 2.45) is 0 Å². The Morgan fingerprint density at radius 1 is 1.12 bits per heavy atom. The second-order valence-electron chi connectivity index (χ2n) is 5.90. The Hall–Kier alpha value is -2.83. The lowest BCUT2D eigenvalue weighted by molar-refractivity contribution is -0.143. The molecule has 0 radical (unpaired) electrons. The van der Waals surface area contributed by atoms with Crippen LogP contribution in [0.3, 0.4) is 0 Å². The number of nitrogens with zero attached hydrogens (tertiary/aromatic N) is 3. The second-order valence-corrected chi connectivity index (χ2v) is 5.90. The third kappa shape index (κ3) is 3.56. The molecular weight excluding hydrogens is 308 g/mol. The summed E-state index contributed by atoms with van der Waals surface area (Å²) in [6, 6.07) is 9.83. The molecule has 0 bridgehead atoms. The van der Waals surface area contributed by atoms with Crippen LogP contribution in [0, 0.1) is 13.8 Å². The van der Waals surface area contributed by atoms with Crippen LogP contribution in [-0.4, -0.2) is 48.0 Å². The maximum Gasteiger partial charge on any atom is 0.315 e. The first-order chi connectivity index (χ1) is 11.5. The van der Waals surface area contributed by atoms with E-state index in [9.17, 15) is 9.59 Å². The fraction of sp³-hybridized carbons (Fsp3) is 0.353. The summed E-state index contributed by atoms with van der Waals surface area (Å²) in [6.07, 6.45) is 0. The van der Waals surface area contributed by atoms with Gasteiger partial charge in [0.15, 0.2) is 5.82 Å². The summed E-state index contributed by atoms with van der Waals surface area (Å²) in [5, 5.41) is 6.12. The molecule has 0 spiro atoms. The summed E-state index contributed by atoms with van der Waals surface area (Å²) in [5.41, 5.74) is 2.35. The predicted molar refractivity (Wildman–Crippen MR) is 89.8 cm³/mol. The molecule has 7 nitrogen and oxygen atoms in total. The van der Waals surface area contributed by atoms with Crippen molar-refractivity contribution in [3.05, 3.63) is 41.7 Å². The number of rotatable bonds is 2. The number of aryl methyl sites for hydroxylation is 2. The van der Waals surface area contributed by atoms with Crippen LogP contribution in [0.25, 0.3) is 0 Å². The van der Waals surface area contributed by atoms with E-state index in [1.54, 1.807) is 17.9 Å². The lowest BCUT2D eigenvalue weighted by Crippen LogP contribution is -2.51. The van der Waals surface area contributed by atoms with Gasteiger partial charge in [-0.05, 0) is 31.5 Å². The third-order valence-electron chi connectivity index (χ3n) is 4.00. The van der Waals surface area contributed by atoms with E-state index in [0.717, 1.165) is 5.69 Å². The van der Waals surface area contributed by atoms with Crippen molar-refractivity contribution in [2.75, 3.05) is 36.4 Å². The molecule has 2 aromatic rings. The van der Waals surface area contributed by atoms with E-state index in [1.165, 1.54) is 5.56 Å². The van der Waals surface area contributed by atoms with Crippen LogP contribution in [0.5, 0.6) is 0 Å². The van der Waals surface area contributed by atoms with Crippen molar-refractivity contribution >= 4 is 23.3 Å². The van der Waals surface area contributed by atoms with Crippen molar-refractivity contribution in [2.45, 2.75) is 13.8 Å². The van der Waals surface area contributed by atoms with Gasteiger partial charge >= 0.3 is 11.8 Å². The summed E-state index contributed by atoms with van der Waals surface area (Å²) in [6.45, 7) is 6.20. The molecule has 1 aliphatic heterocycles. The maximum atomic E-state index is 12.2. The van der Waals surface area contributed by atoms with Gasteiger partial charge in [0.2, 0.25) is 0 Å². The van der Waals surface area contributed by atoms with E-state index in [-0.39, 0.29) is 5.82 Å². The minimum absolute atomic E-state index is 0.254. The van der Waals surface area contributed by atoms with Gasteiger partial charge in [-0.3, -0.25) is 14.9 Å². The number of amides is 2. The van der Waals surface area contributed by atoms with Gasteiger partial charge < -0.3 is 14.3 Å². The van der Waals surface area contributed by atoms with E-state index >= 15 is 0 Å². The molecule has 24 heavy (non-hydrogen) atoms. The minimum atomic E-state index is -0.688. The van der Waals surface area contributed by atoms with Crippen molar-refractivity contribution in [3.8, 4) is 0 Å². The number of hydrogen-bond acceptors (Lipinski definition) is 5. The molecule has 1 aliphatic rings. The van der Waals surface area contributed by atoms with Gasteiger partial charge in [-0.25, -0.2) is 0 Å². The van der Waals surface area contributed by atoms with Crippen LogP contribution in [-0.2, 0) is 9.59 Å². The first kappa shape index (κ1) is 16.0. The average molecular weight is 328 g/mol. The molecule has 0 atom stereocenters. The maximum absolute atomic E-state index is 12.2. The number of piperazine rings is 1. The van der Waals surface area contributed by atoms with E-state index in [0.29, 0.717) is 31.9 Å². The van der Waals surface area contributed by atoms with Gasteiger partial charge in [0.05, 0.1) is 0 Å². The fourth-order valence-corrected chi connectivity index (χ4v) is 2.73. The number of benzene rings is 1. The van der Waals surface area contributed by atoms with E-state index in [1.807, 2.05) is 6.07 Å². The summed E-state index contributed by atoms with van der Waals surface area (Å²) in [5.74, 6) is -0.402. The van der Waals surface area contributed by atoms with Crippen molar-refractivity contribution in [1.82, 2.24) is 10.1 Å². The van der Waals surface area contributed by atoms with E-state index < -0.39 is 11.8 Å². The zero-order valence-corrected chi connectivity index (χ0v) is 13.8. The van der Waals surface area contributed by atoms with E-state index in [2.05, 4.69) is 40.5 Å². The monoisotopic (exact) mass is 328 g/mol. The van der Waals surface area contributed by atoms with Crippen LogP contribution in [0.4, 0.5) is 11.5 Å². The van der Waals surface area contributed by atoms with Gasteiger partial charge in [-0.1, -0.05) is 17.3 Å². The smallest absolute Gasteiger partial charge is 0.315 e. The largest absolute Gasteiger partial charge is 0.368 e. The van der Waals surface area contributed by atoms with Gasteiger partial charge in [0, 0.05) is 37.9 Å². The molecule has 1 saturated heterocycles. The number of carbonyl (C=O) groups excluding carboxylic acids is 2. The van der Waals surface area contributed by atoms with Gasteiger partial charge in [0.25, 0.3) is 0 Å². The second kappa shape index (κ2) is 6.74. The quantitative estimate of drug-likeness (QED) is 0.847. The Morgan fingerprint density at radius 3 is 2.50 bits per heavy atom. The first-order valence-corrected chi connectivity index (χ1v) is 7.88. The Labute approximate surface area is 140 Å². The third-order valence-corrected chi connectivity index (χ3v) is 4.00. The number of aromatic nitrogens is 1. The molecular formula is C17H20N4O3. The zero-order valence-electron chi connectivity index (χ0n) is 13.8. The highest BCUT2D eigenvalue weighted by atomic mass is 16.5. The normalized spacial score (nSPS) is 14.6. The molecule has 7 heteroatoms. The number of nitrogens with one attached hydrogen (secondary N) is 1. The molecule has 2 heterocycles. The lowest BCUT2D eigenvalue weighted by atomic mass is 10.2. The molecule has 0 saturated carbocycles. The van der Waals surface area contributed by atoms with Gasteiger partial charge in [-0.2, -0.15) is 0 Å². The summed E-state index contributed by atoms with van der Waals surface area (Å²) in [4.78, 5) is 28.0. The lowest BCUT2D eigenvalue weighted by Gasteiger charge is -2.35. The summed E-state index contributed by atoms with van der Waals surface area (Å²) < 4.78 is 4.87. The Morgan fingerprint density at radius 2 is 1.88 bits per heavy atom. The Bertz CT molecular complexity index is 748. The zero-order chi connectivity index (χ0) is 17.1. The van der Waals surface area contributed by atoms with Gasteiger partial charge in [0.1, 0.15) is 5.76 Å². The molecule has 3 rings (SSSR count). The van der Waals surface area contributed by atoms with Crippen LogP contribution >= 0.6 is 0 Å². The summed E-state index contributed by atoms with van der Waals surface area (Å²) >= 11 is 0. The first-order valence-electron chi connectivity index (χ1n) is 7.88. The molecule has 1 N–H and O–H groups in total. The highest BCUT2D eigenvalue weighted by Gasteiger charge is 2.26. The topological polar surface area (TPSA) is 78.7 Å². The van der Waals surface area contributed by atoms with Crippen molar-refractivity contribution < 1.29 is 14.1 Å². The van der Waals surface area contributed by atoms with Crippen LogP contribution in [0.2, 0.25) is 0 Å². The van der Waals surface area contributed by atoms with Crippen LogP contribution in [0.15, 0.2) is 34.9 Å². The number of anilines is 2. The molecule has 126 valence electrons. The highest BCUT2D eigenvalue weighted by molar-refractivity contribution is 6.39. The molecule has 1 fully saturated rings. The molecule has 1 aromatic heterocycles. The van der Waals surface area contributed by atoms with Crippen molar-refractivity contribution in [1.29, 1.82) is 0 Å². The fourth-order valence-electron chi connectivity index (χ4n) is 2.73. The van der Waals surface area contributed by atoms with Crippen LogP contribution < -0.4 is 10.2 Å². The predicted octanol–water partition coefficient (Wildman–Crippen LogP) is 1.58. The SMILES string of the molecule is Cc1cccc(N2CCN(C(=O)C(=O)Nc3cc(C)on3)CC2)c1. The average Bonchev–Trinajstić information content (AvgIpc) is 2.99. The number of carbonyl (C=O) groups is 2. The summed E-state index contributed by atoms with van der Waals surface area (Å²) in [7, 11) is 0. The standard InChI is InChI=1S/C17H20N4O3/c1-12-4-3-5-14(10-12)20-6-8-21(9-7-20)17(23)16(22)18-15-11-13(2)24-19-15/h3-5,10-11H,6-9H2,1-2H3,(H,18,19,22). The number of hydrogen-bond donors (Lipinski definition) is 1. The Balaban J connectivity index is 1.55. The highest BCUT2D eigenvalue weighted by Crippen LogP contribution is 2.18.